The molecule has 1 fully saturated rings. The summed E-state index contributed by atoms with van der Waals surface area (Å²) in [6.45, 7) is 2.95. The minimum atomic E-state index is -3.50. The second kappa shape index (κ2) is 8.57. The van der Waals surface area contributed by atoms with Gasteiger partial charge in [-0.25, -0.2) is 8.42 Å². The Kier molecular flexibility index (Phi) is 6.04. The van der Waals surface area contributed by atoms with Gasteiger partial charge < -0.3 is 9.64 Å². The van der Waals surface area contributed by atoms with Crippen LogP contribution < -0.4 is 9.64 Å². The monoisotopic (exact) mass is 448 g/mol. The lowest BCUT2D eigenvalue weighted by Gasteiger charge is -2.26. The molecule has 6 nitrogen and oxygen atoms in total. The summed E-state index contributed by atoms with van der Waals surface area (Å²) in [5, 5.41) is 0.452. The van der Waals surface area contributed by atoms with E-state index in [1.807, 2.05) is 6.92 Å². The predicted molar refractivity (Wildman–Crippen MR) is 117 cm³/mol. The third-order valence-corrected chi connectivity index (χ3v) is 7.88. The van der Waals surface area contributed by atoms with E-state index >= 15 is 0 Å². The molecule has 0 radical (unpaired) electrons. The highest BCUT2D eigenvalue weighted by atomic mass is 35.5. The topological polar surface area (TPSA) is 66.9 Å². The van der Waals surface area contributed by atoms with Gasteiger partial charge in [-0.1, -0.05) is 30.2 Å². The summed E-state index contributed by atoms with van der Waals surface area (Å²) in [5.74, 6) is 0.273. The molecule has 1 saturated heterocycles. The van der Waals surface area contributed by atoms with Crippen LogP contribution in [0.3, 0.4) is 0 Å². The Morgan fingerprint density at radius 3 is 2.60 bits per heavy atom. The maximum absolute atomic E-state index is 13.0. The van der Waals surface area contributed by atoms with E-state index in [1.54, 1.807) is 51.7 Å². The lowest BCUT2D eigenvalue weighted by atomic mass is 10.1. The Hall–Kier alpha value is -2.09. The quantitative estimate of drug-likeness (QED) is 0.696. The third-order valence-electron chi connectivity index (χ3n) is 5.68. The van der Waals surface area contributed by atoms with Crippen molar-refractivity contribution in [2.75, 3.05) is 24.6 Å². The van der Waals surface area contributed by atoms with E-state index in [2.05, 4.69) is 0 Å². The molecule has 2 aromatic carbocycles. The van der Waals surface area contributed by atoms with Crippen molar-refractivity contribution in [2.24, 2.45) is 0 Å². The zero-order valence-electron chi connectivity index (χ0n) is 16.9. The standard InChI is InChI=1S/C22H25ClN2O4S/c1-16-13-17-14-18(30(27,28)24-11-5-2-6-12-24)9-10-20(17)25(16)22(26)15-29-21-8-4-3-7-19(21)23/h3-4,7-10,14,16H,2,5-6,11-13,15H2,1H3/t16-/m0/s1. The van der Waals surface area contributed by atoms with Crippen LogP contribution in [0.25, 0.3) is 0 Å². The molecule has 0 spiro atoms. The number of nitrogens with zero attached hydrogens (tertiary/aromatic N) is 2. The van der Waals surface area contributed by atoms with Crippen LogP contribution in [0.15, 0.2) is 47.4 Å². The summed E-state index contributed by atoms with van der Waals surface area (Å²) in [7, 11) is -3.50. The number of anilines is 1. The molecule has 0 aliphatic carbocycles. The van der Waals surface area contributed by atoms with Gasteiger partial charge in [0.25, 0.3) is 5.91 Å². The first-order valence-electron chi connectivity index (χ1n) is 10.2. The van der Waals surface area contributed by atoms with Crippen molar-refractivity contribution in [3.63, 3.8) is 0 Å². The highest BCUT2D eigenvalue weighted by molar-refractivity contribution is 7.89. The molecule has 0 unspecified atom stereocenters. The fraction of sp³-hybridized carbons (Fsp3) is 0.409. The van der Waals surface area contributed by atoms with Crippen molar-refractivity contribution in [3.8, 4) is 5.75 Å². The lowest BCUT2D eigenvalue weighted by molar-refractivity contribution is -0.120. The highest BCUT2D eigenvalue weighted by Gasteiger charge is 2.33. The molecule has 2 aliphatic heterocycles. The Labute approximate surface area is 182 Å². The molecule has 1 atom stereocenters. The summed E-state index contributed by atoms with van der Waals surface area (Å²) in [6.07, 6.45) is 3.47. The fourth-order valence-electron chi connectivity index (χ4n) is 4.17. The van der Waals surface area contributed by atoms with Gasteiger partial charge in [-0.3, -0.25) is 4.79 Å². The second-order valence-electron chi connectivity index (χ2n) is 7.79. The number of benzene rings is 2. The van der Waals surface area contributed by atoms with Crippen LogP contribution >= 0.6 is 11.6 Å². The summed E-state index contributed by atoms with van der Waals surface area (Å²) in [6, 6.07) is 12.0. The van der Waals surface area contributed by atoms with E-state index in [1.165, 1.54) is 0 Å². The van der Waals surface area contributed by atoms with Crippen LogP contribution in [-0.4, -0.2) is 44.4 Å². The van der Waals surface area contributed by atoms with E-state index < -0.39 is 10.0 Å². The van der Waals surface area contributed by atoms with E-state index in [0.29, 0.717) is 35.2 Å². The van der Waals surface area contributed by atoms with Gasteiger partial charge in [-0.15, -0.1) is 0 Å². The zero-order chi connectivity index (χ0) is 21.3. The van der Waals surface area contributed by atoms with Gasteiger partial charge >= 0.3 is 0 Å². The van der Waals surface area contributed by atoms with Crippen molar-refractivity contribution < 1.29 is 17.9 Å². The number of amides is 1. The second-order valence-corrected chi connectivity index (χ2v) is 10.1. The molecular formula is C22H25ClN2O4S. The first-order valence-corrected chi connectivity index (χ1v) is 12.0. The molecule has 2 heterocycles. The smallest absolute Gasteiger partial charge is 0.265 e. The molecule has 0 N–H and O–H groups in total. The fourth-order valence-corrected chi connectivity index (χ4v) is 5.93. The number of carbonyl (C=O) groups excluding carboxylic acids is 1. The van der Waals surface area contributed by atoms with Gasteiger partial charge in [0.15, 0.2) is 6.61 Å². The van der Waals surface area contributed by atoms with Gasteiger partial charge in [0, 0.05) is 24.8 Å². The maximum Gasteiger partial charge on any atom is 0.265 e. The van der Waals surface area contributed by atoms with E-state index in [9.17, 15) is 13.2 Å². The first-order chi connectivity index (χ1) is 14.4. The Bertz CT molecular complexity index is 1050. The summed E-state index contributed by atoms with van der Waals surface area (Å²) < 4.78 is 33.1. The molecule has 8 heteroatoms. The van der Waals surface area contributed by atoms with Crippen LogP contribution in [0.1, 0.15) is 31.7 Å². The van der Waals surface area contributed by atoms with Gasteiger partial charge in [-0.05, 0) is 62.1 Å². The molecule has 2 aromatic rings. The minimum Gasteiger partial charge on any atom is -0.482 e. The average Bonchev–Trinajstić information content (AvgIpc) is 3.08. The number of sulfonamides is 1. The van der Waals surface area contributed by atoms with E-state index in [4.69, 9.17) is 16.3 Å². The molecular weight excluding hydrogens is 424 g/mol. The van der Waals surface area contributed by atoms with Crippen molar-refractivity contribution in [1.82, 2.24) is 4.31 Å². The highest BCUT2D eigenvalue weighted by Crippen LogP contribution is 2.35. The molecule has 0 bridgehead atoms. The normalized spacial score (nSPS) is 19.5. The van der Waals surface area contributed by atoms with Gasteiger partial charge in [0.2, 0.25) is 10.0 Å². The van der Waals surface area contributed by atoms with Crippen molar-refractivity contribution in [3.05, 3.63) is 53.1 Å². The third kappa shape index (κ3) is 4.06. The number of hydrogen-bond acceptors (Lipinski definition) is 4. The van der Waals surface area contributed by atoms with Crippen molar-refractivity contribution in [2.45, 2.75) is 43.5 Å². The van der Waals surface area contributed by atoms with Gasteiger partial charge in [0.1, 0.15) is 5.75 Å². The van der Waals surface area contributed by atoms with Crippen LogP contribution in [-0.2, 0) is 21.2 Å². The number of para-hydroxylation sites is 1. The van der Waals surface area contributed by atoms with Crippen LogP contribution in [0.5, 0.6) is 5.75 Å². The van der Waals surface area contributed by atoms with Crippen LogP contribution in [0.4, 0.5) is 5.69 Å². The number of carbonyl (C=O) groups is 1. The van der Waals surface area contributed by atoms with Gasteiger partial charge in [0.05, 0.1) is 9.92 Å². The number of halogens is 1. The van der Waals surface area contributed by atoms with E-state index in [-0.39, 0.29) is 18.6 Å². The van der Waals surface area contributed by atoms with E-state index in [0.717, 1.165) is 30.5 Å². The lowest BCUT2D eigenvalue weighted by Crippen LogP contribution is -2.39. The molecule has 30 heavy (non-hydrogen) atoms. The summed E-state index contributed by atoms with van der Waals surface area (Å²) in [5.41, 5.74) is 1.61. The molecule has 160 valence electrons. The van der Waals surface area contributed by atoms with Gasteiger partial charge in [-0.2, -0.15) is 4.31 Å². The molecule has 0 saturated carbocycles. The number of piperidine rings is 1. The maximum atomic E-state index is 13.0. The number of ether oxygens (including phenoxy) is 1. The molecule has 0 aromatic heterocycles. The largest absolute Gasteiger partial charge is 0.482 e. The van der Waals surface area contributed by atoms with Crippen molar-refractivity contribution in [1.29, 1.82) is 0 Å². The average molecular weight is 449 g/mol. The minimum absolute atomic E-state index is 0.0738. The summed E-state index contributed by atoms with van der Waals surface area (Å²) >= 11 is 6.09. The number of rotatable bonds is 5. The van der Waals surface area contributed by atoms with Crippen LogP contribution in [0, 0.1) is 0 Å². The molecule has 1 amide bonds. The Morgan fingerprint density at radius 2 is 1.87 bits per heavy atom. The predicted octanol–water partition coefficient (Wildman–Crippen LogP) is 3.87. The molecule has 2 aliphatic rings. The molecule has 4 rings (SSSR count). The Morgan fingerprint density at radius 1 is 1.13 bits per heavy atom. The number of fused-ring (bicyclic) bond motifs is 1. The number of hydrogen-bond donors (Lipinski definition) is 0. The Balaban J connectivity index is 1.52. The van der Waals surface area contributed by atoms with Crippen molar-refractivity contribution >= 4 is 33.2 Å². The first kappa shape index (κ1) is 21.2. The SMILES string of the molecule is C[C@H]1Cc2cc(S(=O)(=O)N3CCCCC3)ccc2N1C(=O)COc1ccccc1Cl. The zero-order valence-corrected chi connectivity index (χ0v) is 18.5. The van der Waals surface area contributed by atoms with Crippen LogP contribution in [0.2, 0.25) is 5.02 Å². The summed E-state index contributed by atoms with van der Waals surface area (Å²) in [4.78, 5) is 14.9.